The number of hydrogen-bond acceptors (Lipinski definition) is 6. The third-order valence-electron chi connectivity index (χ3n) is 2.10. The minimum Gasteiger partial charge on any atom is -0.506 e. The number of rotatable bonds is 3. The minimum absolute atomic E-state index is 0.0214. The summed E-state index contributed by atoms with van der Waals surface area (Å²) in [5.74, 6) is -0.214. The maximum Gasteiger partial charge on any atom is 0.264 e. The fraction of sp³-hybridized carbons (Fsp3) is 0. The van der Waals surface area contributed by atoms with Crippen LogP contribution in [0.5, 0.6) is 5.75 Å². The Morgan fingerprint density at radius 2 is 1.89 bits per heavy atom. The molecule has 1 aromatic carbocycles. The summed E-state index contributed by atoms with van der Waals surface area (Å²) in [5, 5.41) is 9.23. The van der Waals surface area contributed by atoms with E-state index in [1.165, 1.54) is 24.5 Å². The molecule has 8 heteroatoms. The van der Waals surface area contributed by atoms with Crippen LogP contribution in [0.3, 0.4) is 0 Å². The number of hydrogen-bond donors (Lipinski definition) is 3. The van der Waals surface area contributed by atoms with Gasteiger partial charge in [-0.05, 0) is 24.3 Å². The number of nitrogens with one attached hydrogen (secondary N) is 1. The monoisotopic (exact) mass is 266 g/mol. The fourth-order valence-electron chi connectivity index (χ4n) is 1.23. The van der Waals surface area contributed by atoms with Crippen LogP contribution in [0.2, 0.25) is 0 Å². The van der Waals surface area contributed by atoms with Gasteiger partial charge in [0.1, 0.15) is 5.75 Å². The van der Waals surface area contributed by atoms with Gasteiger partial charge in [-0.1, -0.05) is 0 Å². The highest BCUT2D eigenvalue weighted by molar-refractivity contribution is 7.92. The second-order valence-electron chi connectivity index (χ2n) is 3.40. The number of nitrogens with zero attached hydrogens (tertiary/aromatic N) is 2. The number of benzene rings is 1. The molecule has 7 nitrogen and oxygen atoms in total. The first-order valence-corrected chi connectivity index (χ1v) is 6.36. The van der Waals surface area contributed by atoms with Crippen molar-refractivity contribution in [3.8, 4) is 5.75 Å². The van der Waals surface area contributed by atoms with Gasteiger partial charge in [0.2, 0.25) is 5.95 Å². The van der Waals surface area contributed by atoms with E-state index < -0.39 is 10.0 Å². The molecule has 0 amide bonds. The number of anilines is 2. The molecule has 1 heterocycles. The quantitative estimate of drug-likeness (QED) is 0.552. The number of aromatic nitrogens is 2. The summed E-state index contributed by atoms with van der Waals surface area (Å²) in [6.45, 7) is 0. The molecule has 0 saturated carbocycles. The Bertz CT molecular complexity index is 658. The van der Waals surface area contributed by atoms with E-state index in [2.05, 4.69) is 14.7 Å². The van der Waals surface area contributed by atoms with Gasteiger partial charge in [0, 0.05) is 12.4 Å². The molecule has 18 heavy (non-hydrogen) atoms. The van der Waals surface area contributed by atoms with Gasteiger partial charge >= 0.3 is 0 Å². The molecule has 0 aliphatic heterocycles. The highest BCUT2D eigenvalue weighted by Gasteiger charge is 2.16. The van der Waals surface area contributed by atoms with Crippen molar-refractivity contribution in [2.45, 2.75) is 4.90 Å². The summed E-state index contributed by atoms with van der Waals surface area (Å²) in [7, 11) is -3.82. The lowest BCUT2D eigenvalue weighted by Gasteiger charge is -2.07. The van der Waals surface area contributed by atoms with Crippen molar-refractivity contribution in [1.82, 2.24) is 9.97 Å². The Hall–Kier alpha value is -2.35. The topological polar surface area (TPSA) is 118 Å². The highest BCUT2D eigenvalue weighted by Crippen LogP contribution is 2.23. The fourth-order valence-corrected chi connectivity index (χ4v) is 2.22. The van der Waals surface area contributed by atoms with E-state index in [1.54, 1.807) is 6.07 Å². The third-order valence-corrected chi connectivity index (χ3v) is 3.43. The molecule has 2 aromatic rings. The van der Waals surface area contributed by atoms with E-state index in [9.17, 15) is 13.5 Å². The van der Waals surface area contributed by atoms with E-state index in [-0.39, 0.29) is 22.3 Å². The van der Waals surface area contributed by atoms with Crippen LogP contribution in [0, 0.1) is 0 Å². The van der Waals surface area contributed by atoms with E-state index in [4.69, 9.17) is 5.73 Å². The Morgan fingerprint density at radius 1 is 1.22 bits per heavy atom. The van der Waals surface area contributed by atoms with Crippen LogP contribution in [0.25, 0.3) is 0 Å². The van der Waals surface area contributed by atoms with E-state index in [0.717, 1.165) is 6.07 Å². The Labute approximate surface area is 103 Å². The molecule has 0 aliphatic rings. The number of nitrogen functional groups attached to an aromatic ring is 1. The molecule has 0 radical (unpaired) electrons. The van der Waals surface area contributed by atoms with Gasteiger partial charge in [-0.2, -0.15) is 0 Å². The van der Waals surface area contributed by atoms with Crippen LogP contribution in [0.1, 0.15) is 0 Å². The van der Waals surface area contributed by atoms with Crippen molar-refractivity contribution in [3.05, 3.63) is 36.7 Å². The molecule has 1 aromatic heterocycles. The van der Waals surface area contributed by atoms with Crippen LogP contribution in [0.4, 0.5) is 11.6 Å². The number of sulfonamides is 1. The van der Waals surface area contributed by atoms with Gasteiger partial charge in [0.15, 0.2) is 0 Å². The Morgan fingerprint density at radius 3 is 2.50 bits per heavy atom. The lowest BCUT2D eigenvalue weighted by molar-refractivity contribution is 0.477. The molecule has 0 atom stereocenters. The number of phenolic OH excluding ortho intramolecular Hbond substituents is 1. The van der Waals surface area contributed by atoms with Crippen molar-refractivity contribution < 1.29 is 13.5 Å². The predicted octanol–water partition coefficient (Wildman–Crippen LogP) is 0.565. The van der Waals surface area contributed by atoms with Crippen molar-refractivity contribution >= 4 is 21.7 Å². The van der Waals surface area contributed by atoms with E-state index >= 15 is 0 Å². The molecule has 0 spiro atoms. The average molecular weight is 266 g/mol. The van der Waals surface area contributed by atoms with Crippen LogP contribution in [-0.4, -0.2) is 23.5 Å². The first kappa shape index (κ1) is 12.1. The zero-order valence-electron chi connectivity index (χ0n) is 9.11. The van der Waals surface area contributed by atoms with Gasteiger partial charge in [-0.25, -0.2) is 23.1 Å². The lowest BCUT2D eigenvalue weighted by Crippen LogP contribution is -2.15. The summed E-state index contributed by atoms with van der Waals surface area (Å²) in [6, 6.07) is 5.16. The standard InChI is InChI=1S/C10H10N4O3S/c11-8-6-7(2-3-9(8)15)18(16,17)14-10-12-4-1-5-13-10/h1-6,15H,11H2,(H,12,13,14). The molecular formula is C10H10N4O3S. The molecule has 0 bridgehead atoms. The smallest absolute Gasteiger partial charge is 0.264 e. The number of aromatic hydroxyl groups is 1. The molecule has 0 saturated heterocycles. The Kier molecular flexibility index (Phi) is 3.02. The SMILES string of the molecule is Nc1cc(S(=O)(=O)Nc2ncccn2)ccc1O. The third kappa shape index (κ3) is 2.48. The number of phenols is 1. The normalized spacial score (nSPS) is 11.1. The lowest BCUT2D eigenvalue weighted by atomic mass is 10.3. The maximum atomic E-state index is 11.9. The molecule has 0 fully saturated rings. The van der Waals surface area contributed by atoms with Crippen molar-refractivity contribution in [3.63, 3.8) is 0 Å². The Balaban J connectivity index is 2.34. The van der Waals surface area contributed by atoms with Crippen LogP contribution >= 0.6 is 0 Å². The van der Waals surface area contributed by atoms with Crippen molar-refractivity contribution in [2.75, 3.05) is 10.5 Å². The maximum absolute atomic E-state index is 11.9. The molecule has 4 N–H and O–H groups in total. The van der Waals surface area contributed by atoms with E-state index in [1.807, 2.05) is 0 Å². The van der Waals surface area contributed by atoms with Gasteiger partial charge in [-0.3, -0.25) is 0 Å². The first-order valence-electron chi connectivity index (χ1n) is 4.87. The number of nitrogens with two attached hydrogens (primary N) is 1. The van der Waals surface area contributed by atoms with Crippen LogP contribution in [-0.2, 0) is 10.0 Å². The van der Waals surface area contributed by atoms with E-state index in [0.29, 0.717) is 0 Å². The summed E-state index contributed by atoms with van der Waals surface area (Å²) in [4.78, 5) is 7.42. The van der Waals surface area contributed by atoms with Crippen LogP contribution < -0.4 is 10.5 Å². The molecule has 94 valence electrons. The van der Waals surface area contributed by atoms with Crippen molar-refractivity contribution in [2.24, 2.45) is 0 Å². The molecule has 2 rings (SSSR count). The predicted molar refractivity (Wildman–Crippen MR) is 65.4 cm³/mol. The zero-order valence-corrected chi connectivity index (χ0v) is 9.92. The molecule has 0 unspecified atom stereocenters. The summed E-state index contributed by atoms with van der Waals surface area (Å²) in [6.07, 6.45) is 2.83. The highest BCUT2D eigenvalue weighted by atomic mass is 32.2. The van der Waals surface area contributed by atoms with Gasteiger partial charge in [0.05, 0.1) is 10.6 Å². The second-order valence-corrected chi connectivity index (χ2v) is 5.08. The van der Waals surface area contributed by atoms with Gasteiger partial charge < -0.3 is 10.8 Å². The summed E-state index contributed by atoms with van der Waals surface area (Å²) >= 11 is 0. The average Bonchev–Trinajstić information content (AvgIpc) is 2.33. The van der Waals surface area contributed by atoms with Gasteiger partial charge in [-0.15, -0.1) is 0 Å². The van der Waals surface area contributed by atoms with Crippen LogP contribution in [0.15, 0.2) is 41.6 Å². The molecular weight excluding hydrogens is 256 g/mol. The summed E-state index contributed by atoms with van der Waals surface area (Å²) in [5.41, 5.74) is 5.42. The van der Waals surface area contributed by atoms with Crippen molar-refractivity contribution in [1.29, 1.82) is 0 Å². The molecule has 0 aliphatic carbocycles. The zero-order chi connectivity index (χ0) is 13.2. The minimum atomic E-state index is -3.82. The summed E-state index contributed by atoms with van der Waals surface area (Å²) < 4.78 is 26.1. The largest absolute Gasteiger partial charge is 0.506 e. The first-order chi connectivity index (χ1) is 8.49. The second kappa shape index (κ2) is 4.49. The van der Waals surface area contributed by atoms with Gasteiger partial charge in [0.25, 0.3) is 10.0 Å².